The van der Waals surface area contributed by atoms with E-state index in [2.05, 4.69) is 15.6 Å². The lowest BCUT2D eigenvalue weighted by atomic mass is 10.1. The molecule has 0 aliphatic heterocycles. The van der Waals surface area contributed by atoms with Gasteiger partial charge in [0.25, 0.3) is 5.91 Å². The summed E-state index contributed by atoms with van der Waals surface area (Å²) in [7, 11) is 1.62. The summed E-state index contributed by atoms with van der Waals surface area (Å²) in [6.45, 7) is 6.02. The van der Waals surface area contributed by atoms with Crippen molar-refractivity contribution in [2.45, 2.75) is 20.8 Å². The molecule has 3 rings (SSSR count). The number of aromatic nitrogens is 1. The first-order valence-corrected chi connectivity index (χ1v) is 8.73. The van der Waals surface area contributed by atoms with Crippen molar-refractivity contribution in [3.63, 3.8) is 0 Å². The third-order valence-electron chi connectivity index (χ3n) is 4.49. The van der Waals surface area contributed by atoms with Crippen LogP contribution in [0, 0.1) is 20.8 Å². The molecule has 0 aliphatic rings. The summed E-state index contributed by atoms with van der Waals surface area (Å²) in [5, 5.41) is 6.20. The van der Waals surface area contributed by atoms with Crippen molar-refractivity contribution in [1.29, 1.82) is 0 Å². The van der Waals surface area contributed by atoms with Crippen molar-refractivity contribution in [3.05, 3.63) is 77.0 Å². The van der Waals surface area contributed by atoms with Crippen molar-refractivity contribution in [2.24, 2.45) is 0 Å². The van der Waals surface area contributed by atoms with E-state index in [1.807, 2.05) is 57.2 Å². The van der Waals surface area contributed by atoms with E-state index in [4.69, 9.17) is 4.74 Å². The Labute approximate surface area is 159 Å². The number of carbonyl (C=O) groups excluding carboxylic acids is 1. The molecule has 2 aromatic carbocycles. The van der Waals surface area contributed by atoms with E-state index < -0.39 is 0 Å². The number of rotatable bonds is 5. The standard InChI is InChI=1S/C22H23N3O2/c1-14-8-9-20(27-4)19(12-14)24-21-13-17(10-11-23-21)22(26)25-18-7-5-6-15(2)16(18)3/h5-13H,1-4H3,(H,23,24)(H,25,26). The molecule has 0 aliphatic carbocycles. The molecule has 27 heavy (non-hydrogen) atoms. The van der Waals surface area contributed by atoms with Gasteiger partial charge in [0.05, 0.1) is 12.8 Å². The van der Waals surface area contributed by atoms with Crippen LogP contribution in [-0.4, -0.2) is 18.0 Å². The number of hydrogen-bond acceptors (Lipinski definition) is 4. The SMILES string of the molecule is COc1ccc(C)cc1Nc1cc(C(=O)Nc2cccc(C)c2C)ccn1. The van der Waals surface area contributed by atoms with E-state index in [0.717, 1.165) is 28.1 Å². The maximum Gasteiger partial charge on any atom is 0.255 e. The number of ether oxygens (including phenoxy) is 1. The van der Waals surface area contributed by atoms with E-state index >= 15 is 0 Å². The fraction of sp³-hybridized carbons (Fsp3) is 0.182. The van der Waals surface area contributed by atoms with Crippen molar-refractivity contribution in [1.82, 2.24) is 4.98 Å². The lowest BCUT2D eigenvalue weighted by molar-refractivity contribution is 0.102. The fourth-order valence-corrected chi connectivity index (χ4v) is 2.78. The zero-order valence-corrected chi connectivity index (χ0v) is 16.0. The second-order valence-corrected chi connectivity index (χ2v) is 6.46. The molecule has 1 heterocycles. The van der Waals surface area contributed by atoms with Crippen LogP contribution in [0.2, 0.25) is 0 Å². The Balaban J connectivity index is 1.82. The second-order valence-electron chi connectivity index (χ2n) is 6.46. The number of nitrogens with zero attached hydrogens (tertiary/aromatic N) is 1. The third kappa shape index (κ3) is 4.26. The fourth-order valence-electron chi connectivity index (χ4n) is 2.78. The second kappa shape index (κ2) is 7.91. The van der Waals surface area contributed by atoms with Crippen LogP contribution in [0.3, 0.4) is 0 Å². The number of aryl methyl sites for hydroxylation is 2. The lowest BCUT2D eigenvalue weighted by Gasteiger charge is -2.13. The number of hydrogen-bond donors (Lipinski definition) is 2. The van der Waals surface area contributed by atoms with Gasteiger partial charge < -0.3 is 15.4 Å². The van der Waals surface area contributed by atoms with Crippen LogP contribution >= 0.6 is 0 Å². The Bertz CT molecular complexity index is 983. The Morgan fingerprint density at radius 2 is 1.81 bits per heavy atom. The van der Waals surface area contributed by atoms with Crippen LogP contribution in [0.1, 0.15) is 27.0 Å². The van der Waals surface area contributed by atoms with Gasteiger partial charge in [-0.3, -0.25) is 4.79 Å². The summed E-state index contributed by atoms with van der Waals surface area (Å²) in [5.74, 6) is 1.12. The molecule has 0 saturated carbocycles. The number of methoxy groups -OCH3 is 1. The Hall–Kier alpha value is -3.34. The third-order valence-corrected chi connectivity index (χ3v) is 4.49. The van der Waals surface area contributed by atoms with Crippen molar-refractivity contribution in [2.75, 3.05) is 17.7 Å². The summed E-state index contributed by atoms with van der Waals surface area (Å²) < 4.78 is 5.38. The van der Waals surface area contributed by atoms with Crippen molar-refractivity contribution < 1.29 is 9.53 Å². The predicted molar refractivity (Wildman–Crippen MR) is 109 cm³/mol. The molecule has 2 N–H and O–H groups in total. The molecule has 0 spiro atoms. The van der Waals surface area contributed by atoms with Crippen LogP contribution in [0.4, 0.5) is 17.2 Å². The Morgan fingerprint density at radius 1 is 1.00 bits per heavy atom. The molecule has 1 aromatic heterocycles. The molecular weight excluding hydrogens is 338 g/mol. The van der Waals surface area contributed by atoms with Gasteiger partial charge in [-0.15, -0.1) is 0 Å². The van der Waals surface area contributed by atoms with Gasteiger partial charge >= 0.3 is 0 Å². The Kier molecular flexibility index (Phi) is 5.41. The predicted octanol–water partition coefficient (Wildman–Crippen LogP) is 5.01. The normalized spacial score (nSPS) is 10.4. The van der Waals surface area contributed by atoms with Gasteiger partial charge in [0.15, 0.2) is 0 Å². The highest BCUT2D eigenvalue weighted by Crippen LogP contribution is 2.28. The Morgan fingerprint density at radius 3 is 2.59 bits per heavy atom. The highest BCUT2D eigenvalue weighted by molar-refractivity contribution is 6.05. The van der Waals surface area contributed by atoms with Gasteiger partial charge in [0.1, 0.15) is 11.6 Å². The molecule has 0 unspecified atom stereocenters. The lowest BCUT2D eigenvalue weighted by Crippen LogP contribution is -2.13. The summed E-state index contributed by atoms with van der Waals surface area (Å²) >= 11 is 0. The van der Waals surface area contributed by atoms with E-state index in [1.165, 1.54) is 0 Å². The van der Waals surface area contributed by atoms with Crippen molar-refractivity contribution in [3.8, 4) is 5.75 Å². The highest BCUT2D eigenvalue weighted by Gasteiger charge is 2.11. The summed E-state index contributed by atoms with van der Waals surface area (Å²) in [6, 6.07) is 15.1. The minimum atomic E-state index is -0.176. The van der Waals surface area contributed by atoms with E-state index in [0.29, 0.717) is 17.1 Å². The topological polar surface area (TPSA) is 63.2 Å². The molecule has 5 heteroatoms. The minimum absolute atomic E-state index is 0.176. The summed E-state index contributed by atoms with van der Waals surface area (Å²) in [4.78, 5) is 17.0. The maximum atomic E-state index is 12.7. The molecule has 0 saturated heterocycles. The molecule has 3 aromatic rings. The number of amides is 1. The first kappa shape index (κ1) is 18.5. The smallest absolute Gasteiger partial charge is 0.255 e. The first-order valence-electron chi connectivity index (χ1n) is 8.73. The molecule has 5 nitrogen and oxygen atoms in total. The van der Waals surface area contributed by atoms with Gasteiger partial charge in [0.2, 0.25) is 0 Å². The van der Waals surface area contributed by atoms with E-state index in [1.54, 1.807) is 25.4 Å². The van der Waals surface area contributed by atoms with Gasteiger partial charge in [-0.1, -0.05) is 18.2 Å². The van der Waals surface area contributed by atoms with Gasteiger partial charge in [-0.05, 0) is 67.8 Å². The van der Waals surface area contributed by atoms with Crippen LogP contribution in [0.15, 0.2) is 54.7 Å². The van der Waals surface area contributed by atoms with E-state index in [-0.39, 0.29) is 5.91 Å². The van der Waals surface area contributed by atoms with E-state index in [9.17, 15) is 4.79 Å². The van der Waals surface area contributed by atoms with Gasteiger partial charge in [-0.25, -0.2) is 4.98 Å². The number of carbonyl (C=O) groups is 1. The van der Waals surface area contributed by atoms with Crippen LogP contribution in [-0.2, 0) is 0 Å². The molecule has 0 fully saturated rings. The number of nitrogens with one attached hydrogen (secondary N) is 2. The minimum Gasteiger partial charge on any atom is -0.495 e. The molecule has 138 valence electrons. The van der Waals surface area contributed by atoms with Gasteiger partial charge in [-0.2, -0.15) is 0 Å². The maximum absolute atomic E-state index is 12.7. The summed E-state index contributed by atoms with van der Waals surface area (Å²) in [5.41, 5.74) is 5.44. The molecule has 0 bridgehead atoms. The first-order chi connectivity index (χ1) is 13.0. The molecule has 0 radical (unpaired) electrons. The zero-order valence-electron chi connectivity index (χ0n) is 16.0. The molecule has 0 atom stereocenters. The average molecular weight is 361 g/mol. The quantitative estimate of drug-likeness (QED) is 0.670. The van der Waals surface area contributed by atoms with Gasteiger partial charge in [0, 0.05) is 17.4 Å². The van der Waals surface area contributed by atoms with Crippen LogP contribution < -0.4 is 15.4 Å². The number of benzene rings is 2. The molecule has 1 amide bonds. The van der Waals surface area contributed by atoms with Crippen molar-refractivity contribution >= 4 is 23.1 Å². The highest BCUT2D eigenvalue weighted by atomic mass is 16.5. The monoisotopic (exact) mass is 361 g/mol. The zero-order chi connectivity index (χ0) is 19.4. The number of pyridine rings is 1. The largest absolute Gasteiger partial charge is 0.495 e. The molecular formula is C22H23N3O2. The average Bonchev–Trinajstić information content (AvgIpc) is 2.66. The summed E-state index contributed by atoms with van der Waals surface area (Å²) in [6.07, 6.45) is 1.61. The number of anilines is 3. The van der Waals surface area contributed by atoms with Crippen LogP contribution in [0.5, 0.6) is 5.75 Å². The van der Waals surface area contributed by atoms with Crippen LogP contribution in [0.25, 0.3) is 0 Å².